The molecule has 3 N–H and O–H groups in total. The van der Waals surface area contributed by atoms with E-state index in [2.05, 4.69) is 19.6 Å². The molecule has 0 aromatic carbocycles. The Kier molecular flexibility index (Phi) is 4.69. The number of rotatable bonds is 5. The molecule has 3 heterocycles. The van der Waals surface area contributed by atoms with Crippen molar-refractivity contribution >= 4 is 33.7 Å². The van der Waals surface area contributed by atoms with E-state index in [1.54, 1.807) is 11.3 Å². The highest BCUT2D eigenvalue weighted by molar-refractivity contribution is 7.11. The SMILES string of the molecule is Cc1nc(-c2c(N)nsc2NCCN2CCOCC2)cs1. The average molecular weight is 325 g/mol. The van der Waals surface area contributed by atoms with E-state index in [1.165, 1.54) is 11.5 Å². The van der Waals surface area contributed by atoms with Crippen LogP contribution in [-0.4, -0.2) is 53.7 Å². The second kappa shape index (κ2) is 6.69. The first kappa shape index (κ1) is 14.7. The summed E-state index contributed by atoms with van der Waals surface area (Å²) in [4.78, 5) is 6.91. The number of thiazole rings is 1. The van der Waals surface area contributed by atoms with Gasteiger partial charge in [-0.15, -0.1) is 11.3 Å². The fourth-order valence-corrected chi connectivity index (χ4v) is 3.65. The van der Waals surface area contributed by atoms with E-state index >= 15 is 0 Å². The third-order valence-corrected chi connectivity index (χ3v) is 5.00. The minimum atomic E-state index is 0.555. The minimum Gasteiger partial charge on any atom is -0.382 e. The van der Waals surface area contributed by atoms with Crippen molar-refractivity contribution in [2.45, 2.75) is 6.92 Å². The number of anilines is 2. The first-order chi connectivity index (χ1) is 10.2. The molecule has 0 unspecified atom stereocenters. The monoisotopic (exact) mass is 325 g/mol. The van der Waals surface area contributed by atoms with Crippen LogP contribution in [-0.2, 0) is 4.74 Å². The van der Waals surface area contributed by atoms with Gasteiger partial charge in [-0.1, -0.05) is 0 Å². The van der Waals surface area contributed by atoms with Gasteiger partial charge in [-0.05, 0) is 18.5 Å². The Morgan fingerprint density at radius 2 is 2.24 bits per heavy atom. The highest BCUT2D eigenvalue weighted by Crippen LogP contribution is 2.36. The summed E-state index contributed by atoms with van der Waals surface area (Å²) < 4.78 is 9.61. The molecule has 1 aliphatic heterocycles. The summed E-state index contributed by atoms with van der Waals surface area (Å²) in [5, 5.41) is 7.52. The van der Waals surface area contributed by atoms with Gasteiger partial charge < -0.3 is 15.8 Å². The zero-order valence-corrected chi connectivity index (χ0v) is 13.6. The van der Waals surface area contributed by atoms with Crippen LogP contribution in [0.25, 0.3) is 11.3 Å². The maximum absolute atomic E-state index is 5.99. The number of aromatic nitrogens is 2. The minimum absolute atomic E-state index is 0.555. The lowest BCUT2D eigenvalue weighted by molar-refractivity contribution is 0.0398. The molecule has 0 radical (unpaired) electrons. The number of ether oxygens (including phenoxy) is 1. The fourth-order valence-electron chi connectivity index (χ4n) is 2.30. The molecule has 0 amide bonds. The van der Waals surface area contributed by atoms with Crippen molar-refractivity contribution in [2.75, 3.05) is 50.4 Å². The van der Waals surface area contributed by atoms with E-state index in [9.17, 15) is 0 Å². The predicted octanol–water partition coefficient (Wildman–Crippen LogP) is 1.90. The normalized spacial score (nSPS) is 16.2. The lowest BCUT2D eigenvalue weighted by Crippen LogP contribution is -2.38. The van der Waals surface area contributed by atoms with E-state index in [-0.39, 0.29) is 0 Å². The third-order valence-electron chi connectivity index (χ3n) is 3.41. The highest BCUT2D eigenvalue weighted by Gasteiger charge is 2.16. The lowest BCUT2D eigenvalue weighted by Gasteiger charge is -2.26. The van der Waals surface area contributed by atoms with Gasteiger partial charge >= 0.3 is 0 Å². The number of nitrogens with zero attached hydrogens (tertiary/aromatic N) is 3. The van der Waals surface area contributed by atoms with Gasteiger partial charge in [0.2, 0.25) is 0 Å². The molecule has 3 rings (SSSR count). The zero-order chi connectivity index (χ0) is 14.7. The molecule has 1 fully saturated rings. The molecule has 2 aromatic rings. The number of aryl methyl sites for hydroxylation is 1. The number of nitrogens with two attached hydrogens (primary N) is 1. The Hall–Kier alpha value is -1.22. The molecule has 0 spiro atoms. The van der Waals surface area contributed by atoms with E-state index < -0.39 is 0 Å². The van der Waals surface area contributed by atoms with Gasteiger partial charge in [0.25, 0.3) is 0 Å². The zero-order valence-electron chi connectivity index (χ0n) is 12.0. The van der Waals surface area contributed by atoms with Crippen LogP contribution < -0.4 is 11.1 Å². The Labute approximate surface area is 132 Å². The van der Waals surface area contributed by atoms with Gasteiger partial charge in [0, 0.05) is 31.6 Å². The molecule has 1 saturated heterocycles. The second-order valence-electron chi connectivity index (χ2n) is 4.90. The number of hydrogen-bond donors (Lipinski definition) is 2. The van der Waals surface area contributed by atoms with Gasteiger partial charge in [-0.2, -0.15) is 4.37 Å². The van der Waals surface area contributed by atoms with Gasteiger partial charge in [-0.3, -0.25) is 4.90 Å². The third kappa shape index (κ3) is 3.52. The van der Waals surface area contributed by atoms with Crippen molar-refractivity contribution in [3.05, 3.63) is 10.4 Å². The summed E-state index contributed by atoms with van der Waals surface area (Å²) in [7, 11) is 0. The summed E-state index contributed by atoms with van der Waals surface area (Å²) >= 11 is 3.03. The Bertz CT molecular complexity index is 591. The van der Waals surface area contributed by atoms with Crippen LogP contribution in [0.5, 0.6) is 0 Å². The average Bonchev–Trinajstić information content (AvgIpc) is 3.06. The summed E-state index contributed by atoms with van der Waals surface area (Å²) in [5.41, 5.74) is 7.85. The van der Waals surface area contributed by atoms with Gasteiger partial charge in [0.05, 0.1) is 29.5 Å². The number of hydrogen-bond acceptors (Lipinski definition) is 8. The molecule has 0 atom stereocenters. The van der Waals surface area contributed by atoms with Crippen LogP contribution >= 0.6 is 22.9 Å². The maximum atomic E-state index is 5.99. The summed E-state index contributed by atoms with van der Waals surface area (Å²) in [6.45, 7) is 7.53. The second-order valence-corrected chi connectivity index (χ2v) is 6.74. The van der Waals surface area contributed by atoms with Crippen LogP contribution in [0.2, 0.25) is 0 Å². The Morgan fingerprint density at radius 3 is 2.95 bits per heavy atom. The quantitative estimate of drug-likeness (QED) is 0.874. The first-order valence-corrected chi connectivity index (χ1v) is 8.61. The molecule has 0 bridgehead atoms. The molecule has 6 nitrogen and oxygen atoms in total. The lowest BCUT2D eigenvalue weighted by atomic mass is 10.2. The van der Waals surface area contributed by atoms with Crippen LogP contribution in [0.4, 0.5) is 10.8 Å². The van der Waals surface area contributed by atoms with Crippen LogP contribution in [0.15, 0.2) is 5.38 Å². The molecular formula is C13H19N5OS2. The Morgan fingerprint density at radius 1 is 1.43 bits per heavy atom. The smallest absolute Gasteiger partial charge is 0.148 e. The van der Waals surface area contributed by atoms with Crippen molar-refractivity contribution in [3.63, 3.8) is 0 Å². The van der Waals surface area contributed by atoms with Gasteiger partial charge in [-0.25, -0.2) is 4.98 Å². The standard InChI is InChI=1S/C13H19N5OS2/c1-9-16-10(8-20-9)11-12(14)17-21-13(11)15-2-3-18-4-6-19-7-5-18/h8,15H,2-7H2,1H3,(H2,14,17). The van der Waals surface area contributed by atoms with Crippen molar-refractivity contribution in [1.82, 2.24) is 14.3 Å². The molecule has 1 aliphatic rings. The van der Waals surface area contributed by atoms with E-state index in [0.717, 1.165) is 60.7 Å². The molecule has 2 aromatic heterocycles. The van der Waals surface area contributed by atoms with Crippen molar-refractivity contribution in [3.8, 4) is 11.3 Å². The summed E-state index contributed by atoms with van der Waals surface area (Å²) in [6.07, 6.45) is 0. The molecule has 114 valence electrons. The predicted molar refractivity (Wildman–Crippen MR) is 88.1 cm³/mol. The van der Waals surface area contributed by atoms with E-state index in [4.69, 9.17) is 10.5 Å². The molecule has 8 heteroatoms. The Balaban J connectivity index is 1.63. The number of nitrogens with one attached hydrogen (secondary N) is 1. The van der Waals surface area contributed by atoms with Crippen molar-refractivity contribution in [2.24, 2.45) is 0 Å². The number of morpholine rings is 1. The first-order valence-electron chi connectivity index (χ1n) is 6.95. The molecule has 0 aliphatic carbocycles. The highest BCUT2D eigenvalue weighted by atomic mass is 32.1. The van der Waals surface area contributed by atoms with Crippen molar-refractivity contribution in [1.29, 1.82) is 0 Å². The van der Waals surface area contributed by atoms with Gasteiger partial charge in [0.1, 0.15) is 10.8 Å². The summed E-state index contributed by atoms with van der Waals surface area (Å²) in [5.74, 6) is 0.555. The van der Waals surface area contributed by atoms with Gasteiger partial charge in [0.15, 0.2) is 0 Å². The van der Waals surface area contributed by atoms with E-state index in [0.29, 0.717) is 5.82 Å². The van der Waals surface area contributed by atoms with Crippen LogP contribution in [0, 0.1) is 6.92 Å². The van der Waals surface area contributed by atoms with Crippen LogP contribution in [0.1, 0.15) is 5.01 Å². The maximum Gasteiger partial charge on any atom is 0.148 e. The largest absolute Gasteiger partial charge is 0.382 e. The molecular weight excluding hydrogens is 306 g/mol. The topological polar surface area (TPSA) is 76.3 Å². The number of nitrogen functional groups attached to an aromatic ring is 1. The van der Waals surface area contributed by atoms with Crippen LogP contribution in [0.3, 0.4) is 0 Å². The fraction of sp³-hybridized carbons (Fsp3) is 0.538. The molecule has 21 heavy (non-hydrogen) atoms. The summed E-state index contributed by atoms with van der Waals surface area (Å²) in [6, 6.07) is 0. The molecule has 0 saturated carbocycles. The van der Waals surface area contributed by atoms with E-state index in [1.807, 2.05) is 12.3 Å². The van der Waals surface area contributed by atoms with Crippen molar-refractivity contribution < 1.29 is 4.74 Å².